The van der Waals surface area contributed by atoms with Crippen molar-refractivity contribution in [3.63, 3.8) is 0 Å². The molecule has 12 rings (SSSR count). The fourth-order valence-corrected chi connectivity index (χ4v) is 8.98. The van der Waals surface area contributed by atoms with Gasteiger partial charge in [0, 0.05) is 45.8 Å². The van der Waals surface area contributed by atoms with Crippen molar-refractivity contribution in [2.24, 2.45) is 0 Å². The molecule has 10 aromatic rings. The predicted molar refractivity (Wildman–Crippen MR) is 222 cm³/mol. The van der Waals surface area contributed by atoms with Gasteiger partial charge in [0.15, 0.2) is 11.5 Å². The van der Waals surface area contributed by atoms with Crippen LogP contribution in [0.2, 0.25) is 0 Å². The Morgan fingerprint density at radius 1 is 0.679 bits per heavy atom. The molecule has 4 aromatic carbocycles. The summed E-state index contributed by atoms with van der Waals surface area (Å²) in [5.74, 6) is 1.18. The second-order valence-corrected chi connectivity index (χ2v) is 14.7. The number of fused-ring (bicyclic) bond motifs is 6. The van der Waals surface area contributed by atoms with E-state index >= 15 is 0 Å². The highest BCUT2D eigenvalue weighted by atomic mass is 32.1. The largest absolute Gasteiger partial charge is 0.344 e. The molecule has 0 saturated heterocycles. The summed E-state index contributed by atoms with van der Waals surface area (Å²) >= 11 is 1.63. The molecule has 0 bridgehead atoms. The lowest BCUT2D eigenvalue weighted by Gasteiger charge is -2.29. The summed E-state index contributed by atoms with van der Waals surface area (Å²) < 4.78 is 1.06. The smallest absolute Gasteiger partial charge is 0.181 e. The number of hydrogen-bond donors (Lipinski definition) is 3. The summed E-state index contributed by atoms with van der Waals surface area (Å²) in [5.41, 5.74) is 12.6. The lowest BCUT2D eigenvalue weighted by Crippen LogP contribution is -2.21. The fourth-order valence-electron chi connectivity index (χ4n) is 7.95. The Labute approximate surface area is 321 Å². The van der Waals surface area contributed by atoms with E-state index in [0.717, 1.165) is 105 Å². The number of H-pyrrole nitrogens is 3. The van der Waals surface area contributed by atoms with Crippen molar-refractivity contribution in [3.05, 3.63) is 145 Å². The molecule has 2 aliphatic heterocycles. The van der Waals surface area contributed by atoms with Crippen LogP contribution in [0.25, 0.3) is 104 Å². The molecule has 12 heteroatoms. The van der Waals surface area contributed by atoms with Gasteiger partial charge in [0.2, 0.25) is 0 Å². The number of allylic oxidation sites excluding steroid dienone is 5. The maximum absolute atomic E-state index is 5.60. The molecule has 8 heterocycles. The number of rotatable bonds is 5. The summed E-state index contributed by atoms with van der Waals surface area (Å²) in [6.07, 6.45) is 16.1. The Kier molecular flexibility index (Phi) is 6.59. The van der Waals surface area contributed by atoms with Crippen LogP contribution in [-0.4, -0.2) is 61.5 Å². The van der Waals surface area contributed by atoms with Gasteiger partial charge in [0.25, 0.3) is 0 Å². The van der Waals surface area contributed by atoms with Crippen molar-refractivity contribution in [1.82, 2.24) is 55.0 Å². The van der Waals surface area contributed by atoms with Crippen LogP contribution in [-0.2, 0) is 0 Å². The normalized spacial score (nSPS) is 14.0. The zero-order valence-corrected chi connectivity index (χ0v) is 30.2. The lowest BCUT2D eigenvalue weighted by molar-refractivity contribution is 0.526. The minimum atomic E-state index is 0.489. The number of imidazole rings is 2. The Morgan fingerprint density at radius 3 is 2.48 bits per heavy atom. The summed E-state index contributed by atoms with van der Waals surface area (Å²) in [6, 6.07) is 28.7. The average molecular weight is 742 g/mol. The number of nitrogens with zero attached hydrogens (tertiary/aromatic N) is 8. The first-order chi connectivity index (χ1) is 27.7. The zero-order valence-electron chi connectivity index (χ0n) is 29.4. The number of nitrogens with one attached hydrogen (secondary N) is 3. The number of pyridine rings is 1. The van der Waals surface area contributed by atoms with Crippen molar-refractivity contribution in [2.75, 3.05) is 6.54 Å². The molecule has 0 aliphatic carbocycles. The number of thiazole rings is 1. The second-order valence-electron chi connectivity index (χ2n) is 13.7. The third-order valence-electron chi connectivity index (χ3n) is 10.5. The van der Waals surface area contributed by atoms with Crippen molar-refractivity contribution in [1.29, 1.82) is 0 Å². The molecule has 0 fully saturated rings. The van der Waals surface area contributed by atoms with E-state index in [0.29, 0.717) is 17.3 Å². The van der Waals surface area contributed by atoms with Gasteiger partial charge >= 0.3 is 0 Å². The monoisotopic (exact) mass is 741 g/mol. The van der Waals surface area contributed by atoms with Crippen LogP contribution in [0.15, 0.2) is 140 Å². The molecule has 3 N–H and O–H groups in total. The van der Waals surface area contributed by atoms with E-state index in [-0.39, 0.29) is 0 Å². The molecule has 264 valence electrons. The average Bonchev–Trinajstić information content (AvgIpc) is 4.07. The van der Waals surface area contributed by atoms with Crippen LogP contribution in [0.4, 0.5) is 0 Å². The maximum Gasteiger partial charge on any atom is 0.181 e. The van der Waals surface area contributed by atoms with Gasteiger partial charge in [0.1, 0.15) is 22.0 Å². The first kappa shape index (κ1) is 30.8. The molecule has 0 radical (unpaired) electrons. The van der Waals surface area contributed by atoms with Crippen LogP contribution < -0.4 is 0 Å². The molecule has 0 saturated carbocycles. The lowest BCUT2D eigenvalue weighted by atomic mass is 9.89. The van der Waals surface area contributed by atoms with Crippen molar-refractivity contribution in [3.8, 4) is 44.6 Å². The van der Waals surface area contributed by atoms with Gasteiger partial charge in [-0.05, 0) is 54.6 Å². The van der Waals surface area contributed by atoms with E-state index in [1.54, 1.807) is 23.9 Å². The fraction of sp³-hybridized carbons (Fsp3) is 0.0227. The summed E-state index contributed by atoms with van der Waals surface area (Å²) in [4.78, 5) is 39.9. The maximum atomic E-state index is 5.60. The molecular weight excluding hydrogens is 715 g/mol. The standard InChI is InChI=1S/C44H27N11S/c1-2-12-27-24(10-1)39(54-53-27)26-18-19-31-36(35(26)43-49-28-13-3-4-14-29(28)50-43)37(44-51-30-15-5-6-17-34(30)56-44)38(42-45-22-32-41(52-42)47-23-46-32)40(48-31)25-11-9-21-55-20-8-7-16-33(25)55/h1-20,22-23H,21H2,(H,49,50)(H,53,54)(H,45,46,47,52). The molecule has 0 spiro atoms. The van der Waals surface area contributed by atoms with Gasteiger partial charge in [-0.3, -0.25) is 5.10 Å². The van der Waals surface area contributed by atoms with E-state index in [1.807, 2.05) is 54.6 Å². The Bertz CT molecular complexity index is 3310. The highest BCUT2D eigenvalue weighted by Crippen LogP contribution is 2.49. The van der Waals surface area contributed by atoms with Crippen LogP contribution in [0, 0.1) is 0 Å². The van der Waals surface area contributed by atoms with E-state index in [2.05, 4.69) is 91.9 Å². The number of para-hydroxylation sites is 4. The quantitative estimate of drug-likeness (QED) is 0.158. The second kappa shape index (κ2) is 12.0. The minimum Gasteiger partial charge on any atom is -0.344 e. The number of hydrogen-bond acceptors (Lipinski definition) is 9. The molecule has 11 nitrogen and oxygen atoms in total. The molecule has 0 atom stereocenters. The first-order valence-corrected chi connectivity index (χ1v) is 19.0. The molecule has 56 heavy (non-hydrogen) atoms. The molecule has 2 aliphatic rings. The van der Waals surface area contributed by atoms with Crippen molar-refractivity contribution in [2.45, 2.75) is 0 Å². The van der Waals surface area contributed by atoms with Crippen LogP contribution in [0.5, 0.6) is 0 Å². The number of aromatic nitrogens is 10. The van der Waals surface area contributed by atoms with E-state index in [1.165, 1.54) is 0 Å². The SMILES string of the molecule is C1=CC2=C(c3nc4ccc(-c5n[nH]c6ccccc56)c(-c5nc6ccccc6[nH]5)c4c(-c4nc5ccccc5s4)c3-c3ncc4[nH]cnc4n3)C=CCN2C=C1. The summed E-state index contributed by atoms with van der Waals surface area (Å²) in [5, 5.41) is 10.9. The van der Waals surface area contributed by atoms with Crippen LogP contribution in [0.1, 0.15) is 5.69 Å². The van der Waals surface area contributed by atoms with Gasteiger partial charge in [-0.2, -0.15) is 5.10 Å². The first-order valence-electron chi connectivity index (χ1n) is 18.2. The Balaban J connectivity index is 1.30. The summed E-state index contributed by atoms with van der Waals surface area (Å²) in [6.45, 7) is 0.750. The van der Waals surface area contributed by atoms with Crippen molar-refractivity contribution >= 4 is 71.1 Å². The number of benzene rings is 4. The highest BCUT2D eigenvalue weighted by Gasteiger charge is 2.31. The minimum absolute atomic E-state index is 0.489. The van der Waals surface area contributed by atoms with Gasteiger partial charge < -0.3 is 14.9 Å². The zero-order chi connectivity index (χ0) is 36.7. The molecule has 0 amide bonds. The van der Waals surface area contributed by atoms with E-state index in [9.17, 15) is 0 Å². The third kappa shape index (κ3) is 4.66. The Hall–Kier alpha value is -7.57. The van der Waals surface area contributed by atoms with Crippen LogP contribution in [0.3, 0.4) is 0 Å². The van der Waals surface area contributed by atoms with Gasteiger partial charge in [-0.15, -0.1) is 11.3 Å². The van der Waals surface area contributed by atoms with Crippen LogP contribution >= 0.6 is 11.3 Å². The van der Waals surface area contributed by atoms with E-state index < -0.39 is 0 Å². The topological polar surface area (TPSA) is 141 Å². The molecule has 6 aromatic heterocycles. The van der Waals surface area contributed by atoms with Gasteiger partial charge in [-0.1, -0.05) is 60.7 Å². The predicted octanol–water partition coefficient (Wildman–Crippen LogP) is 9.60. The Morgan fingerprint density at radius 2 is 1.55 bits per heavy atom. The van der Waals surface area contributed by atoms with Gasteiger partial charge in [-0.25, -0.2) is 29.9 Å². The highest BCUT2D eigenvalue weighted by molar-refractivity contribution is 7.21. The van der Waals surface area contributed by atoms with E-state index in [4.69, 9.17) is 30.0 Å². The third-order valence-corrected chi connectivity index (χ3v) is 11.5. The number of aromatic amines is 3. The molecular formula is C44H27N11S. The summed E-state index contributed by atoms with van der Waals surface area (Å²) in [7, 11) is 0. The van der Waals surface area contributed by atoms with Gasteiger partial charge in [0.05, 0.1) is 61.8 Å². The van der Waals surface area contributed by atoms with Crippen molar-refractivity contribution < 1.29 is 0 Å². The molecule has 0 unspecified atom stereocenters.